The van der Waals surface area contributed by atoms with Gasteiger partial charge in [0.2, 0.25) is 0 Å². The first-order valence-corrected chi connectivity index (χ1v) is 5.79. The van der Waals surface area contributed by atoms with Crippen molar-refractivity contribution in [1.29, 1.82) is 0 Å². The van der Waals surface area contributed by atoms with E-state index in [-0.39, 0.29) is 0 Å². The van der Waals surface area contributed by atoms with Crippen molar-refractivity contribution >= 4 is 22.0 Å². The molecule has 74 valence electrons. The maximum atomic E-state index is 3.48. The monoisotopic (exact) mass is 251 g/mol. The lowest BCUT2D eigenvalue weighted by molar-refractivity contribution is 0.613. The van der Waals surface area contributed by atoms with E-state index in [1.807, 2.05) is 0 Å². The minimum absolute atomic E-state index is 1.05. The van der Waals surface area contributed by atoms with E-state index in [0.717, 1.165) is 17.6 Å². The van der Waals surface area contributed by atoms with Gasteiger partial charge in [0.05, 0.1) is 0 Å². The standard InChI is InChI=1S/C12H14BrN/c13-12-5-1-3-10(8-12)7-11-4-2-6-14-9-11/h1,3,5,7-8,14H,2,4,6,9H2. The fraction of sp³-hybridized carbons (Fsp3) is 0.333. The van der Waals surface area contributed by atoms with E-state index in [1.54, 1.807) is 0 Å². The van der Waals surface area contributed by atoms with Crippen molar-refractivity contribution in [3.05, 3.63) is 39.9 Å². The molecule has 1 aromatic rings. The molecule has 0 atom stereocenters. The van der Waals surface area contributed by atoms with Gasteiger partial charge in [0, 0.05) is 11.0 Å². The van der Waals surface area contributed by atoms with Crippen LogP contribution in [-0.4, -0.2) is 13.1 Å². The van der Waals surface area contributed by atoms with Crippen molar-refractivity contribution in [2.75, 3.05) is 13.1 Å². The predicted octanol–water partition coefficient (Wildman–Crippen LogP) is 3.22. The number of hydrogen-bond donors (Lipinski definition) is 1. The number of nitrogens with one attached hydrogen (secondary N) is 1. The normalized spacial score (nSPS) is 19.9. The van der Waals surface area contributed by atoms with Gasteiger partial charge in [-0.25, -0.2) is 0 Å². The summed E-state index contributed by atoms with van der Waals surface area (Å²) in [6.07, 6.45) is 4.79. The fourth-order valence-electron chi connectivity index (χ4n) is 1.73. The van der Waals surface area contributed by atoms with Crippen LogP contribution in [0.2, 0.25) is 0 Å². The summed E-state index contributed by atoms with van der Waals surface area (Å²) in [5, 5.41) is 3.39. The SMILES string of the molecule is Brc1cccc(C=C2CCCNC2)c1. The molecule has 0 saturated carbocycles. The Bertz CT molecular complexity index is 336. The van der Waals surface area contributed by atoms with Crippen LogP contribution in [0.15, 0.2) is 34.3 Å². The van der Waals surface area contributed by atoms with Crippen molar-refractivity contribution in [3.8, 4) is 0 Å². The van der Waals surface area contributed by atoms with Crippen LogP contribution in [0.25, 0.3) is 6.08 Å². The van der Waals surface area contributed by atoms with Crippen LogP contribution in [0.5, 0.6) is 0 Å². The van der Waals surface area contributed by atoms with Crippen LogP contribution in [0.4, 0.5) is 0 Å². The van der Waals surface area contributed by atoms with E-state index < -0.39 is 0 Å². The molecule has 1 aromatic carbocycles. The minimum atomic E-state index is 1.05. The molecule has 0 bridgehead atoms. The summed E-state index contributed by atoms with van der Waals surface area (Å²) < 4.78 is 1.15. The van der Waals surface area contributed by atoms with Gasteiger partial charge in [-0.1, -0.05) is 39.7 Å². The quantitative estimate of drug-likeness (QED) is 0.809. The van der Waals surface area contributed by atoms with E-state index in [2.05, 4.69) is 51.6 Å². The summed E-state index contributed by atoms with van der Waals surface area (Å²) in [6, 6.07) is 8.43. The molecule has 0 amide bonds. The molecule has 1 fully saturated rings. The van der Waals surface area contributed by atoms with E-state index in [0.29, 0.717) is 0 Å². The first-order valence-electron chi connectivity index (χ1n) is 5.00. The lowest BCUT2D eigenvalue weighted by Gasteiger charge is -2.15. The summed E-state index contributed by atoms with van der Waals surface area (Å²) in [6.45, 7) is 2.21. The molecule has 2 rings (SSSR count). The largest absolute Gasteiger partial charge is 0.313 e. The molecule has 1 aliphatic heterocycles. The maximum absolute atomic E-state index is 3.48. The van der Waals surface area contributed by atoms with E-state index in [9.17, 15) is 0 Å². The third-order valence-electron chi connectivity index (χ3n) is 2.42. The maximum Gasteiger partial charge on any atom is 0.0181 e. The summed E-state index contributed by atoms with van der Waals surface area (Å²) in [7, 11) is 0. The van der Waals surface area contributed by atoms with Gasteiger partial charge < -0.3 is 5.32 Å². The summed E-state index contributed by atoms with van der Waals surface area (Å²) >= 11 is 3.48. The third kappa shape index (κ3) is 2.69. The molecular formula is C12H14BrN. The molecule has 0 radical (unpaired) electrons. The molecule has 0 aromatic heterocycles. The molecule has 0 spiro atoms. The van der Waals surface area contributed by atoms with Gasteiger partial charge in [0.15, 0.2) is 0 Å². The Balaban J connectivity index is 2.15. The lowest BCUT2D eigenvalue weighted by atomic mass is 10.0. The Morgan fingerprint density at radius 1 is 1.36 bits per heavy atom. The molecular weight excluding hydrogens is 238 g/mol. The van der Waals surface area contributed by atoms with E-state index in [1.165, 1.54) is 24.0 Å². The molecule has 1 aliphatic rings. The fourth-order valence-corrected chi connectivity index (χ4v) is 2.15. The second-order valence-electron chi connectivity index (χ2n) is 3.64. The Hall–Kier alpha value is -0.600. The Kier molecular flexibility index (Phi) is 3.38. The highest BCUT2D eigenvalue weighted by Gasteiger charge is 2.03. The average Bonchev–Trinajstić information content (AvgIpc) is 2.19. The van der Waals surface area contributed by atoms with Crippen LogP contribution < -0.4 is 5.32 Å². The second-order valence-corrected chi connectivity index (χ2v) is 4.55. The molecule has 1 saturated heterocycles. The highest BCUT2D eigenvalue weighted by molar-refractivity contribution is 9.10. The van der Waals surface area contributed by atoms with Gasteiger partial charge in [-0.2, -0.15) is 0 Å². The lowest BCUT2D eigenvalue weighted by Crippen LogP contribution is -2.23. The predicted molar refractivity (Wildman–Crippen MR) is 64.2 cm³/mol. The van der Waals surface area contributed by atoms with Crippen molar-refractivity contribution < 1.29 is 0 Å². The highest BCUT2D eigenvalue weighted by Crippen LogP contribution is 2.17. The number of hydrogen-bond acceptors (Lipinski definition) is 1. The molecule has 0 unspecified atom stereocenters. The third-order valence-corrected chi connectivity index (χ3v) is 2.92. The average molecular weight is 252 g/mol. The molecule has 0 aliphatic carbocycles. The summed E-state index contributed by atoms with van der Waals surface area (Å²) in [4.78, 5) is 0. The van der Waals surface area contributed by atoms with Crippen LogP contribution in [0.3, 0.4) is 0 Å². The Labute approximate surface area is 93.3 Å². The van der Waals surface area contributed by atoms with Crippen molar-refractivity contribution in [2.24, 2.45) is 0 Å². The smallest absolute Gasteiger partial charge is 0.0181 e. The van der Waals surface area contributed by atoms with Gasteiger partial charge >= 0.3 is 0 Å². The second kappa shape index (κ2) is 4.76. The summed E-state index contributed by atoms with van der Waals surface area (Å²) in [5.74, 6) is 0. The van der Waals surface area contributed by atoms with Gasteiger partial charge in [-0.15, -0.1) is 0 Å². The first-order chi connectivity index (χ1) is 6.84. The van der Waals surface area contributed by atoms with Gasteiger partial charge in [0.25, 0.3) is 0 Å². The zero-order valence-electron chi connectivity index (χ0n) is 8.09. The number of benzene rings is 1. The number of piperidine rings is 1. The zero-order chi connectivity index (χ0) is 9.80. The van der Waals surface area contributed by atoms with Gasteiger partial charge in [-0.05, 0) is 37.1 Å². The van der Waals surface area contributed by atoms with Gasteiger partial charge in [-0.3, -0.25) is 0 Å². The topological polar surface area (TPSA) is 12.0 Å². The van der Waals surface area contributed by atoms with Crippen molar-refractivity contribution in [2.45, 2.75) is 12.8 Å². The van der Waals surface area contributed by atoms with Crippen LogP contribution >= 0.6 is 15.9 Å². The van der Waals surface area contributed by atoms with Crippen molar-refractivity contribution in [3.63, 3.8) is 0 Å². The minimum Gasteiger partial charge on any atom is -0.313 e. The van der Waals surface area contributed by atoms with Crippen molar-refractivity contribution in [1.82, 2.24) is 5.32 Å². The Morgan fingerprint density at radius 2 is 2.29 bits per heavy atom. The molecule has 1 heterocycles. The zero-order valence-corrected chi connectivity index (χ0v) is 9.68. The summed E-state index contributed by atoms with van der Waals surface area (Å²) in [5.41, 5.74) is 2.80. The van der Waals surface area contributed by atoms with Crippen LogP contribution in [0, 0.1) is 0 Å². The van der Waals surface area contributed by atoms with Crippen LogP contribution in [-0.2, 0) is 0 Å². The first kappa shape index (κ1) is 9.94. The Morgan fingerprint density at radius 3 is 3.00 bits per heavy atom. The molecule has 1 N–H and O–H groups in total. The van der Waals surface area contributed by atoms with E-state index in [4.69, 9.17) is 0 Å². The number of halogens is 1. The molecule has 14 heavy (non-hydrogen) atoms. The van der Waals surface area contributed by atoms with Gasteiger partial charge in [0.1, 0.15) is 0 Å². The van der Waals surface area contributed by atoms with Crippen LogP contribution in [0.1, 0.15) is 18.4 Å². The van der Waals surface area contributed by atoms with E-state index >= 15 is 0 Å². The molecule has 2 heteroatoms. The number of rotatable bonds is 1. The molecule has 1 nitrogen and oxygen atoms in total. The highest BCUT2D eigenvalue weighted by atomic mass is 79.9.